The van der Waals surface area contributed by atoms with Crippen LogP contribution in [0.3, 0.4) is 0 Å². The molecule has 0 aromatic heterocycles. The molecule has 5 fully saturated rings. The van der Waals surface area contributed by atoms with Crippen molar-refractivity contribution in [1.29, 1.82) is 0 Å². The van der Waals surface area contributed by atoms with Crippen LogP contribution in [0, 0.1) is 28.6 Å². The van der Waals surface area contributed by atoms with Crippen molar-refractivity contribution in [2.75, 3.05) is 0 Å². The smallest absolute Gasteiger partial charge is 0.168 e. The minimum Gasteiger partial charge on any atom is -0.357 e. The first-order valence-corrected chi connectivity index (χ1v) is 9.20. The number of carbonyl (C=O) groups is 3. The van der Waals surface area contributed by atoms with Crippen LogP contribution in [0.25, 0.3) is 0 Å². The van der Waals surface area contributed by atoms with E-state index in [2.05, 4.69) is 6.92 Å². The quantitative estimate of drug-likeness (QED) is 0.551. The molecule has 0 aromatic rings. The summed E-state index contributed by atoms with van der Waals surface area (Å²) in [5.41, 5.74) is -1.59. The predicted octanol–water partition coefficient (Wildman–Crippen LogP) is 2.48. The Bertz CT molecular complexity index is 627. The Morgan fingerprint density at radius 1 is 1.09 bits per heavy atom. The fourth-order valence-corrected chi connectivity index (χ4v) is 7.20. The number of hydrogen-bond acceptors (Lipinski definition) is 4. The molecule has 0 radical (unpaired) electrons. The molecular formula is C19H24O4. The SMILES string of the molecule is C[C@]12CC[C@H]3[C@@H](C[C@H]4O[C@]45C(=O)CCC[C@]35C=O)C1CCC2=O. The van der Waals surface area contributed by atoms with Gasteiger partial charge in [-0.1, -0.05) is 6.92 Å². The largest absolute Gasteiger partial charge is 0.357 e. The lowest BCUT2D eigenvalue weighted by molar-refractivity contribution is -0.155. The molecule has 1 unspecified atom stereocenters. The number of carbonyl (C=O) groups excluding carboxylic acids is 3. The van der Waals surface area contributed by atoms with E-state index in [-0.39, 0.29) is 23.2 Å². The monoisotopic (exact) mass is 316 g/mol. The van der Waals surface area contributed by atoms with Gasteiger partial charge in [-0.15, -0.1) is 0 Å². The molecule has 23 heavy (non-hydrogen) atoms. The summed E-state index contributed by atoms with van der Waals surface area (Å²) in [6, 6.07) is 0. The average molecular weight is 316 g/mol. The zero-order chi connectivity index (χ0) is 16.0. The highest BCUT2D eigenvalue weighted by atomic mass is 16.6. The van der Waals surface area contributed by atoms with Crippen molar-refractivity contribution >= 4 is 17.9 Å². The van der Waals surface area contributed by atoms with E-state index in [0.29, 0.717) is 30.5 Å². The van der Waals surface area contributed by atoms with Gasteiger partial charge >= 0.3 is 0 Å². The first-order valence-electron chi connectivity index (χ1n) is 9.20. The van der Waals surface area contributed by atoms with E-state index < -0.39 is 11.0 Å². The Balaban J connectivity index is 1.60. The Morgan fingerprint density at radius 2 is 1.91 bits per heavy atom. The van der Waals surface area contributed by atoms with Crippen LogP contribution >= 0.6 is 0 Å². The highest BCUT2D eigenvalue weighted by Crippen LogP contribution is 2.71. The molecule has 0 amide bonds. The van der Waals surface area contributed by atoms with E-state index >= 15 is 0 Å². The van der Waals surface area contributed by atoms with Crippen molar-refractivity contribution in [3.63, 3.8) is 0 Å². The lowest BCUT2D eigenvalue weighted by Crippen LogP contribution is -2.62. The van der Waals surface area contributed by atoms with Gasteiger partial charge in [0.15, 0.2) is 11.4 Å². The highest BCUT2D eigenvalue weighted by molar-refractivity contribution is 5.97. The maximum atomic E-state index is 12.6. The summed E-state index contributed by atoms with van der Waals surface area (Å²) in [7, 11) is 0. The topological polar surface area (TPSA) is 63.7 Å². The Morgan fingerprint density at radius 3 is 2.70 bits per heavy atom. The average Bonchev–Trinajstić information content (AvgIpc) is 3.19. The fourth-order valence-electron chi connectivity index (χ4n) is 7.20. The van der Waals surface area contributed by atoms with Gasteiger partial charge in [0, 0.05) is 18.3 Å². The predicted molar refractivity (Wildman–Crippen MR) is 81.6 cm³/mol. The van der Waals surface area contributed by atoms with Gasteiger partial charge in [-0.05, 0) is 56.3 Å². The molecule has 0 bridgehead atoms. The first kappa shape index (κ1) is 14.3. The standard InChI is InChI=1S/C19H24O4/c1-17-8-6-13-11(12(17)4-5-14(17)21)9-16-19(23-16)15(22)3-2-7-18(13,19)10-20/h10-13,16H,2-9H2,1H3/t11-,12?,13-,16+,17-,18-,19+/m0/s1. The van der Waals surface area contributed by atoms with Crippen molar-refractivity contribution in [3.8, 4) is 0 Å². The van der Waals surface area contributed by atoms with Gasteiger partial charge in [0.2, 0.25) is 0 Å². The third kappa shape index (κ3) is 1.38. The number of fused-ring (bicyclic) bond motifs is 4. The normalized spacial score (nSPS) is 57.1. The summed E-state index contributed by atoms with van der Waals surface area (Å²) in [5, 5.41) is 0. The summed E-state index contributed by atoms with van der Waals surface area (Å²) in [5.74, 6) is 1.55. The Kier molecular flexibility index (Phi) is 2.58. The number of ether oxygens (including phenoxy) is 1. The van der Waals surface area contributed by atoms with E-state index in [1.165, 1.54) is 0 Å². The Labute approximate surface area is 136 Å². The number of epoxide rings is 1. The first-order chi connectivity index (χ1) is 11.0. The molecule has 1 heterocycles. The van der Waals surface area contributed by atoms with Gasteiger partial charge in [-0.3, -0.25) is 9.59 Å². The molecule has 4 nitrogen and oxygen atoms in total. The molecule has 4 heteroatoms. The minimum atomic E-state index is -0.787. The maximum absolute atomic E-state index is 12.6. The van der Waals surface area contributed by atoms with Crippen LogP contribution in [0.1, 0.15) is 58.3 Å². The molecule has 124 valence electrons. The van der Waals surface area contributed by atoms with Crippen LogP contribution in [0.5, 0.6) is 0 Å². The van der Waals surface area contributed by atoms with E-state index in [0.717, 1.165) is 44.8 Å². The molecule has 1 aliphatic heterocycles. The second kappa shape index (κ2) is 4.14. The summed E-state index contributed by atoms with van der Waals surface area (Å²) in [4.78, 5) is 37.3. The molecule has 5 aliphatic rings. The molecular weight excluding hydrogens is 292 g/mol. The lowest BCUT2D eigenvalue weighted by Gasteiger charge is -2.56. The summed E-state index contributed by atoms with van der Waals surface area (Å²) >= 11 is 0. The molecule has 4 aliphatic carbocycles. The molecule has 7 atom stereocenters. The van der Waals surface area contributed by atoms with E-state index in [1.54, 1.807) is 0 Å². The number of ketones is 2. The van der Waals surface area contributed by atoms with E-state index in [4.69, 9.17) is 4.74 Å². The van der Waals surface area contributed by atoms with Gasteiger partial charge in [0.05, 0.1) is 11.5 Å². The second-order valence-corrected chi connectivity index (χ2v) is 8.81. The highest BCUT2D eigenvalue weighted by Gasteiger charge is 2.80. The molecule has 5 rings (SSSR count). The Hall–Kier alpha value is -1.03. The van der Waals surface area contributed by atoms with Crippen molar-refractivity contribution < 1.29 is 19.1 Å². The zero-order valence-corrected chi connectivity index (χ0v) is 13.7. The van der Waals surface area contributed by atoms with Crippen molar-refractivity contribution in [2.45, 2.75) is 70.0 Å². The van der Waals surface area contributed by atoms with Crippen LogP contribution in [0.15, 0.2) is 0 Å². The minimum absolute atomic E-state index is 0.0696. The lowest BCUT2D eigenvalue weighted by atomic mass is 9.45. The van der Waals surface area contributed by atoms with Gasteiger partial charge in [0.25, 0.3) is 0 Å². The van der Waals surface area contributed by atoms with Gasteiger partial charge in [-0.25, -0.2) is 0 Å². The van der Waals surface area contributed by atoms with Crippen LogP contribution in [-0.2, 0) is 19.1 Å². The van der Waals surface area contributed by atoms with E-state index in [9.17, 15) is 14.4 Å². The number of aldehydes is 1. The van der Waals surface area contributed by atoms with E-state index in [1.807, 2.05) is 0 Å². The number of hydrogen-bond donors (Lipinski definition) is 0. The van der Waals surface area contributed by atoms with Gasteiger partial charge in [-0.2, -0.15) is 0 Å². The van der Waals surface area contributed by atoms with Crippen LogP contribution in [0.2, 0.25) is 0 Å². The van der Waals surface area contributed by atoms with Crippen LogP contribution in [0.4, 0.5) is 0 Å². The molecule has 0 N–H and O–H groups in total. The molecule has 1 saturated heterocycles. The molecule has 0 aromatic carbocycles. The number of Topliss-reactive ketones (excluding diaryl/α,β-unsaturated/α-hetero) is 2. The van der Waals surface area contributed by atoms with Gasteiger partial charge < -0.3 is 9.53 Å². The third-order valence-corrected chi connectivity index (χ3v) is 8.33. The van der Waals surface area contributed by atoms with Crippen molar-refractivity contribution in [3.05, 3.63) is 0 Å². The second-order valence-electron chi connectivity index (χ2n) is 8.81. The summed E-state index contributed by atoms with van der Waals surface area (Å²) in [6.45, 7) is 2.14. The van der Waals surface area contributed by atoms with Crippen LogP contribution < -0.4 is 0 Å². The summed E-state index contributed by atoms with van der Waals surface area (Å²) in [6.07, 6.45) is 7.46. The maximum Gasteiger partial charge on any atom is 0.168 e. The summed E-state index contributed by atoms with van der Waals surface area (Å²) < 4.78 is 6.01. The van der Waals surface area contributed by atoms with Gasteiger partial charge in [0.1, 0.15) is 12.1 Å². The van der Waals surface area contributed by atoms with Crippen molar-refractivity contribution in [1.82, 2.24) is 0 Å². The third-order valence-electron chi connectivity index (χ3n) is 8.33. The zero-order valence-electron chi connectivity index (χ0n) is 13.7. The molecule has 4 saturated carbocycles. The van der Waals surface area contributed by atoms with Crippen LogP contribution in [-0.4, -0.2) is 29.6 Å². The van der Waals surface area contributed by atoms with Crippen molar-refractivity contribution in [2.24, 2.45) is 28.6 Å². The molecule has 1 spiro atoms. The fraction of sp³-hybridized carbons (Fsp3) is 0.842. The number of rotatable bonds is 1.